The third-order valence-electron chi connectivity index (χ3n) is 2.20. The van der Waals surface area contributed by atoms with E-state index in [4.69, 9.17) is 10.3 Å². The fourth-order valence-electron chi connectivity index (χ4n) is 1.42. The molecule has 0 aliphatic carbocycles. The Morgan fingerprint density at radius 1 is 1.44 bits per heavy atom. The number of hydrogen-bond donors (Lipinski definition) is 1. The molecule has 0 aliphatic rings. The number of thiophene rings is 1. The Morgan fingerprint density at radius 3 is 3.19 bits per heavy atom. The third-order valence-corrected chi connectivity index (χ3v) is 3.06. The first-order valence-corrected chi connectivity index (χ1v) is 5.61. The van der Waals surface area contributed by atoms with Gasteiger partial charge in [0.2, 0.25) is 11.7 Å². The van der Waals surface area contributed by atoms with Crippen LogP contribution in [0.2, 0.25) is 0 Å². The van der Waals surface area contributed by atoms with Gasteiger partial charge in [-0.05, 0) is 17.5 Å². The molecule has 3 aromatic heterocycles. The minimum atomic E-state index is 0.252. The highest BCUT2D eigenvalue weighted by Gasteiger charge is 2.08. The zero-order valence-electron chi connectivity index (χ0n) is 8.25. The van der Waals surface area contributed by atoms with Crippen molar-refractivity contribution in [1.29, 1.82) is 0 Å². The van der Waals surface area contributed by atoms with E-state index in [-0.39, 0.29) is 6.54 Å². The van der Waals surface area contributed by atoms with E-state index in [9.17, 15) is 0 Å². The van der Waals surface area contributed by atoms with E-state index >= 15 is 0 Å². The number of fused-ring (bicyclic) bond motifs is 1. The zero-order chi connectivity index (χ0) is 11.0. The van der Waals surface area contributed by atoms with Gasteiger partial charge in [-0.3, -0.25) is 4.98 Å². The second-order valence-corrected chi connectivity index (χ2v) is 4.19. The molecule has 0 spiro atoms. The molecule has 3 aromatic rings. The van der Waals surface area contributed by atoms with Gasteiger partial charge in [0.05, 0.1) is 16.8 Å². The van der Waals surface area contributed by atoms with Crippen LogP contribution >= 0.6 is 11.3 Å². The third kappa shape index (κ3) is 1.48. The Kier molecular flexibility index (Phi) is 2.16. The molecule has 2 N–H and O–H groups in total. The molecule has 0 aromatic carbocycles. The van der Waals surface area contributed by atoms with Gasteiger partial charge < -0.3 is 10.3 Å². The summed E-state index contributed by atoms with van der Waals surface area (Å²) in [4.78, 5) is 8.46. The Hall–Kier alpha value is -1.79. The predicted molar refractivity (Wildman–Crippen MR) is 60.8 cm³/mol. The second kappa shape index (κ2) is 3.66. The van der Waals surface area contributed by atoms with Crippen molar-refractivity contribution in [3.05, 3.63) is 29.6 Å². The second-order valence-electron chi connectivity index (χ2n) is 3.24. The summed E-state index contributed by atoms with van der Waals surface area (Å²) in [5.74, 6) is 0.963. The zero-order valence-corrected chi connectivity index (χ0v) is 9.07. The maximum Gasteiger partial charge on any atom is 0.240 e. The largest absolute Gasteiger partial charge is 0.338 e. The molecule has 0 amide bonds. The van der Waals surface area contributed by atoms with Crippen molar-refractivity contribution in [2.24, 2.45) is 5.73 Å². The van der Waals surface area contributed by atoms with Gasteiger partial charge in [0.15, 0.2) is 0 Å². The molecule has 0 fully saturated rings. The van der Waals surface area contributed by atoms with Crippen molar-refractivity contribution in [1.82, 2.24) is 15.1 Å². The lowest BCUT2D eigenvalue weighted by atomic mass is 10.2. The first-order valence-electron chi connectivity index (χ1n) is 4.73. The smallest absolute Gasteiger partial charge is 0.240 e. The molecule has 16 heavy (non-hydrogen) atoms. The van der Waals surface area contributed by atoms with Crippen LogP contribution in [0.1, 0.15) is 5.89 Å². The van der Waals surface area contributed by atoms with Crippen LogP contribution in [0.15, 0.2) is 28.2 Å². The number of hydrogen-bond acceptors (Lipinski definition) is 6. The predicted octanol–water partition coefficient (Wildman–Crippen LogP) is 1.80. The minimum absolute atomic E-state index is 0.252. The molecule has 3 heterocycles. The maximum atomic E-state index is 5.41. The minimum Gasteiger partial charge on any atom is -0.338 e. The lowest BCUT2D eigenvalue weighted by Crippen LogP contribution is -1.95. The fraction of sp³-hybridized carbons (Fsp3) is 0.100. The van der Waals surface area contributed by atoms with E-state index in [2.05, 4.69) is 15.1 Å². The fourth-order valence-corrected chi connectivity index (χ4v) is 2.20. The van der Waals surface area contributed by atoms with E-state index in [1.807, 2.05) is 17.5 Å². The molecular formula is C10H8N4OS. The van der Waals surface area contributed by atoms with Crippen LogP contribution in [-0.4, -0.2) is 15.1 Å². The van der Waals surface area contributed by atoms with Crippen molar-refractivity contribution >= 4 is 21.6 Å². The summed E-state index contributed by atoms with van der Waals surface area (Å²) in [6.07, 6.45) is 1.74. The Balaban J connectivity index is 2.10. The van der Waals surface area contributed by atoms with Gasteiger partial charge in [-0.1, -0.05) is 5.16 Å². The van der Waals surface area contributed by atoms with Crippen molar-refractivity contribution < 1.29 is 4.52 Å². The molecule has 0 atom stereocenters. The average molecular weight is 232 g/mol. The Morgan fingerprint density at radius 2 is 2.38 bits per heavy atom. The van der Waals surface area contributed by atoms with Crippen LogP contribution in [0.25, 0.3) is 21.6 Å². The van der Waals surface area contributed by atoms with E-state index in [0.29, 0.717) is 11.7 Å². The molecule has 80 valence electrons. The van der Waals surface area contributed by atoms with Crippen LogP contribution in [0.3, 0.4) is 0 Å². The molecule has 0 radical (unpaired) electrons. The van der Waals surface area contributed by atoms with Gasteiger partial charge in [0.1, 0.15) is 0 Å². The standard InChI is InChI=1S/C10H8N4OS/c11-4-9-13-10(14-15-9)6-3-8-7(12-5-6)1-2-16-8/h1-3,5H,4,11H2. The van der Waals surface area contributed by atoms with E-state index < -0.39 is 0 Å². The summed E-state index contributed by atoms with van der Waals surface area (Å²) >= 11 is 1.64. The average Bonchev–Trinajstić information content (AvgIpc) is 2.96. The first kappa shape index (κ1) is 9.44. The molecule has 6 heteroatoms. The van der Waals surface area contributed by atoms with Crippen LogP contribution in [-0.2, 0) is 6.54 Å². The molecule has 0 saturated heterocycles. The van der Waals surface area contributed by atoms with Crippen molar-refractivity contribution in [2.75, 3.05) is 0 Å². The quantitative estimate of drug-likeness (QED) is 0.729. The number of nitrogens with zero attached hydrogens (tertiary/aromatic N) is 3. The highest BCUT2D eigenvalue weighted by atomic mass is 32.1. The van der Waals surface area contributed by atoms with Gasteiger partial charge in [-0.2, -0.15) is 4.98 Å². The highest BCUT2D eigenvalue weighted by molar-refractivity contribution is 7.17. The number of nitrogens with two attached hydrogens (primary N) is 1. The van der Waals surface area contributed by atoms with Gasteiger partial charge in [0.25, 0.3) is 0 Å². The van der Waals surface area contributed by atoms with Crippen LogP contribution in [0.5, 0.6) is 0 Å². The topological polar surface area (TPSA) is 77.8 Å². The summed E-state index contributed by atoms with van der Waals surface area (Å²) in [5.41, 5.74) is 7.23. The SMILES string of the molecule is NCc1nc(-c2cnc3ccsc3c2)no1. The molecule has 0 unspecified atom stereocenters. The molecular weight excluding hydrogens is 224 g/mol. The van der Waals surface area contributed by atoms with Crippen LogP contribution in [0.4, 0.5) is 0 Å². The molecule has 5 nitrogen and oxygen atoms in total. The van der Waals surface area contributed by atoms with Gasteiger partial charge in [-0.25, -0.2) is 0 Å². The maximum absolute atomic E-state index is 5.41. The van der Waals surface area contributed by atoms with Crippen LogP contribution in [0, 0.1) is 0 Å². The lowest BCUT2D eigenvalue weighted by Gasteiger charge is -1.93. The van der Waals surface area contributed by atoms with Crippen molar-refractivity contribution in [2.45, 2.75) is 6.54 Å². The molecule has 0 saturated carbocycles. The van der Waals surface area contributed by atoms with E-state index in [1.54, 1.807) is 17.5 Å². The van der Waals surface area contributed by atoms with Gasteiger partial charge in [0, 0.05) is 11.8 Å². The summed E-state index contributed by atoms with van der Waals surface area (Å²) in [7, 11) is 0. The van der Waals surface area contributed by atoms with Gasteiger partial charge >= 0.3 is 0 Å². The van der Waals surface area contributed by atoms with Gasteiger partial charge in [-0.15, -0.1) is 11.3 Å². The summed E-state index contributed by atoms with van der Waals surface area (Å²) < 4.78 is 6.06. The molecule has 0 aliphatic heterocycles. The molecule has 3 rings (SSSR count). The number of aromatic nitrogens is 3. The van der Waals surface area contributed by atoms with E-state index in [1.165, 1.54) is 0 Å². The first-order chi connectivity index (χ1) is 7.86. The monoisotopic (exact) mass is 232 g/mol. The Labute approximate surface area is 94.9 Å². The van der Waals surface area contributed by atoms with Crippen molar-refractivity contribution in [3.63, 3.8) is 0 Å². The molecule has 0 bridgehead atoms. The van der Waals surface area contributed by atoms with Crippen LogP contribution < -0.4 is 5.73 Å². The summed E-state index contributed by atoms with van der Waals surface area (Å²) in [5, 5.41) is 5.85. The number of pyridine rings is 1. The number of rotatable bonds is 2. The van der Waals surface area contributed by atoms with Crippen molar-refractivity contribution in [3.8, 4) is 11.4 Å². The lowest BCUT2D eigenvalue weighted by molar-refractivity contribution is 0.380. The highest BCUT2D eigenvalue weighted by Crippen LogP contribution is 2.23. The Bertz CT molecular complexity index is 630. The van der Waals surface area contributed by atoms with E-state index in [0.717, 1.165) is 15.8 Å². The summed E-state index contributed by atoms with van der Waals surface area (Å²) in [6, 6.07) is 3.98. The normalized spacial score (nSPS) is 11.1. The summed E-state index contributed by atoms with van der Waals surface area (Å²) in [6.45, 7) is 0.252.